The number of methoxy groups -OCH3 is 1. The van der Waals surface area contributed by atoms with Crippen LogP contribution in [0.3, 0.4) is 0 Å². The Balaban J connectivity index is 3.63. The first-order valence-corrected chi connectivity index (χ1v) is 6.65. The summed E-state index contributed by atoms with van der Waals surface area (Å²) in [6.45, 7) is 2.22. The number of thioether (sulfide) groups is 1. The molecule has 0 radical (unpaired) electrons. The highest BCUT2D eigenvalue weighted by Crippen LogP contribution is 2.04. The van der Waals surface area contributed by atoms with E-state index in [1.807, 2.05) is 0 Å². The summed E-state index contributed by atoms with van der Waals surface area (Å²) < 4.78 is 4.46. The molecule has 8 heteroatoms. The Labute approximate surface area is 110 Å². The molecule has 0 saturated carbocycles. The lowest BCUT2D eigenvalue weighted by atomic mass is 10.2. The second kappa shape index (κ2) is 9.72. The van der Waals surface area contributed by atoms with Crippen LogP contribution in [0.4, 0.5) is 4.79 Å². The molecule has 0 heterocycles. The second-order valence-electron chi connectivity index (χ2n) is 3.38. The van der Waals surface area contributed by atoms with Crippen LogP contribution in [0.1, 0.15) is 13.3 Å². The summed E-state index contributed by atoms with van der Waals surface area (Å²) in [5.41, 5.74) is 5.51. The van der Waals surface area contributed by atoms with Crippen molar-refractivity contribution >= 4 is 29.7 Å². The van der Waals surface area contributed by atoms with Crippen molar-refractivity contribution < 1.29 is 19.1 Å². The van der Waals surface area contributed by atoms with E-state index in [0.717, 1.165) is 0 Å². The molecule has 0 aliphatic heterocycles. The number of hydrogen-bond donors (Lipinski definition) is 3. The monoisotopic (exact) mass is 277 g/mol. The van der Waals surface area contributed by atoms with Crippen LogP contribution in [0, 0.1) is 0 Å². The van der Waals surface area contributed by atoms with Crippen LogP contribution in [0.25, 0.3) is 0 Å². The molecule has 18 heavy (non-hydrogen) atoms. The number of carbonyl (C=O) groups is 3. The van der Waals surface area contributed by atoms with Crippen LogP contribution in [0.15, 0.2) is 0 Å². The molecular weight excluding hydrogens is 258 g/mol. The zero-order valence-electron chi connectivity index (χ0n) is 10.5. The van der Waals surface area contributed by atoms with Crippen LogP contribution in [0.2, 0.25) is 0 Å². The molecule has 0 bridgehead atoms. The number of hydrogen-bond acceptors (Lipinski definition) is 6. The summed E-state index contributed by atoms with van der Waals surface area (Å²) >= 11 is 1.30. The van der Waals surface area contributed by atoms with E-state index in [1.54, 1.807) is 6.92 Å². The minimum absolute atomic E-state index is 0.144. The van der Waals surface area contributed by atoms with Gasteiger partial charge in [-0.3, -0.25) is 14.9 Å². The highest BCUT2D eigenvalue weighted by molar-refractivity contribution is 7.99. The van der Waals surface area contributed by atoms with Crippen molar-refractivity contribution in [3.05, 3.63) is 0 Å². The van der Waals surface area contributed by atoms with Crippen LogP contribution < -0.4 is 16.4 Å². The topological polar surface area (TPSA) is 111 Å². The zero-order chi connectivity index (χ0) is 14.0. The Hall–Kier alpha value is -1.28. The first-order valence-electron chi connectivity index (χ1n) is 5.50. The van der Waals surface area contributed by atoms with Gasteiger partial charge in [-0.15, -0.1) is 0 Å². The molecule has 0 spiro atoms. The molecule has 0 fully saturated rings. The zero-order valence-corrected chi connectivity index (χ0v) is 11.3. The van der Waals surface area contributed by atoms with Crippen LogP contribution in [-0.4, -0.2) is 49.1 Å². The van der Waals surface area contributed by atoms with Gasteiger partial charge in [0, 0.05) is 6.54 Å². The summed E-state index contributed by atoms with van der Waals surface area (Å²) in [5.74, 6) is -0.163. The maximum Gasteiger partial charge on any atom is 0.322 e. The van der Waals surface area contributed by atoms with Crippen molar-refractivity contribution in [3.63, 3.8) is 0 Å². The highest BCUT2D eigenvalue weighted by Gasteiger charge is 2.13. The first kappa shape index (κ1) is 16.7. The Morgan fingerprint density at radius 2 is 2.06 bits per heavy atom. The van der Waals surface area contributed by atoms with Gasteiger partial charge in [-0.1, -0.05) is 0 Å². The molecule has 0 aromatic carbocycles. The highest BCUT2D eigenvalue weighted by atomic mass is 32.2. The average Bonchev–Trinajstić information content (AvgIpc) is 2.33. The van der Waals surface area contributed by atoms with E-state index in [4.69, 9.17) is 5.73 Å². The molecule has 1 unspecified atom stereocenters. The summed E-state index contributed by atoms with van der Waals surface area (Å²) in [7, 11) is 1.27. The molecule has 0 saturated heterocycles. The fourth-order valence-corrected chi connectivity index (χ4v) is 1.83. The lowest BCUT2D eigenvalue weighted by molar-refractivity contribution is -0.142. The second-order valence-corrected chi connectivity index (χ2v) is 4.48. The third-order valence-electron chi connectivity index (χ3n) is 1.90. The molecule has 104 valence electrons. The van der Waals surface area contributed by atoms with Gasteiger partial charge in [0.2, 0.25) is 5.91 Å². The maximum atomic E-state index is 11.2. The number of ether oxygens (including phenoxy) is 1. The molecule has 7 nitrogen and oxygen atoms in total. The molecule has 0 aliphatic rings. The van der Waals surface area contributed by atoms with E-state index in [0.29, 0.717) is 18.7 Å². The predicted molar refractivity (Wildman–Crippen MR) is 69.1 cm³/mol. The average molecular weight is 277 g/mol. The van der Waals surface area contributed by atoms with E-state index < -0.39 is 18.0 Å². The maximum absolute atomic E-state index is 11.2. The molecule has 4 N–H and O–H groups in total. The fourth-order valence-electron chi connectivity index (χ4n) is 1.01. The number of nitrogens with two attached hydrogens (primary N) is 1. The normalized spacial score (nSPS) is 11.5. The van der Waals surface area contributed by atoms with E-state index in [1.165, 1.54) is 18.9 Å². The summed E-state index contributed by atoms with van der Waals surface area (Å²) in [6.07, 6.45) is 0.422. The standard InChI is InChI=1S/C10H19N3O4S/c1-3-12-10(16)13-8(14)6-18-5-4-7(11)9(15)17-2/h7H,3-6,11H2,1-2H3,(H2,12,13,14,16). The van der Waals surface area contributed by atoms with Gasteiger partial charge >= 0.3 is 12.0 Å². The Kier molecular flexibility index (Phi) is 9.03. The third-order valence-corrected chi connectivity index (χ3v) is 2.89. The molecule has 0 aliphatic carbocycles. The fraction of sp³-hybridized carbons (Fsp3) is 0.700. The van der Waals surface area contributed by atoms with Crippen molar-refractivity contribution in [1.29, 1.82) is 0 Å². The van der Waals surface area contributed by atoms with Crippen LogP contribution >= 0.6 is 11.8 Å². The van der Waals surface area contributed by atoms with Gasteiger partial charge in [-0.05, 0) is 19.1 Å². The minimum atomic E-state index is -0.672. The SMILES string of the molecule is CCNC(=O)NC(=O)CSCCC(N)C(=O)OC. The summed E-state index contributed by atoms with van der Waals surface area (Å²) in [5, 5.41) is 4.62. The van der Waals surface area contributed by atoms with Gasteiger partial charge < -0.3 is 15.8 Å². The Bertz CT molecular complexity index is 299. The van der Waals surface area contributed by atoms with Gasteiger partial charge in [0.1, 0.15) is 6.04 Å². The summed E-state index contributed by atoms with van der Waals surface area (Å²) in [4.78, 5) is 33.2. The number of amides is 3. The van der Waals surface area contributed by atoms with Crippen molar-refractivity contribution in [2.45, 2.75) is 19.4 Å². The van der Waals surface area contributed by atoms with E-state index in [9.17, 15) is 14.4 Å². The first-order chi connectivity index (χ1) is 8.51. The smallest absolute Gasteiger partial charge is 0.322 e. The molecule has 0 rings (SSSR count). The largest absolute Gasteiger partial charge is 0.468 e. The molecule has 1 atom stereocenters. The van der Waals surface area contributed by atoms with E-state index in [2.05, 4.69) is 15.4 Å². The third kappa shape index (κ3) is 7.91. The van der Waals surface area contributed by atoms with E-state index >= 15 is 0 Å². The molecule has 0 aromatic rings. The number of carbonyl (C=O) groups excluding carboxylic acids is 3. The molecule has 3 amide bonds. The van der Waals surface area contributed by atoms with Gasteiger partial charge in [0.15, 0.2) is 0 Å². The van der Waals surface area contributed by atoms with E-state index in [-0.39, 0.29) is 11.7 Å². The minimum Gasteiger partial charge on any atom is -0.468 e. The Morgan fingerprint density at radius 1 is 1.39 bits per heavy atom. The molecular formula is C10H19N3O4S. The number of imide groups is 1. The van der Waals surface area contributed by atoms with Crippen molar-refractivity contribution in [3.8, 4) is 0 Å². The number of esters is 1. The quantitative estimate of drug-likeness (QED) is 0.425. The van der Waals surface area contributed by atoms with Crippen LogP contribution in [0.5, 0.6) is 0 Å². The van der Waals surface area contributed by atoms with Crippen molar-refractivity contribution in [2.24, 2.45) is 5.73 Å². The van der Waals surface area contributed by atoms with Gasteiger partial charge in [0.05, 0.1) is 12.9 Å². The van der Waals surface area contributed by atoms with Gasteiger partial charge in [-0.25, -0.2) is 4.79 Å². The summed E-state index contributed by atoms with van der Waals surface area (Å²) in [6, 6.07) is -1.18. The van der Waals surface area contributed by atoms with Gasteiger partial charge in [-0.2, -0.15) is 11.8 Å². The molecule has 0 aromatic heterocycles. The number of urea groups is 1. The number of rotatable bonds is 7. The van der Waals surface area contributed by atoms with Crippen molar-refractivity contribution in [2.75, 3.05) is 25.2 Å². The van der Waals surface area contributed by atoms with Gasteiger partial charge in [0.25, 0.3) is 0 Å². The van der Waals surface area contributed by atoms with Crippen molar-refractivity contribution in [1.82, 2.24) is 10.6 Å². The van der Waals surface area contributed by atoms with Crippen LogP contribution in [-0.2, 0) is 14.3 Å². The lowest BCUT2D eigenvalue weighted by Gasteiger charge is -2.08. The lowest BCUT2D eigenvalue weighted by Crippen LogP contribution is -2.40. The number of nitrogens with one attached hydrogen (secondary N) is 2. The Morgan fingerprint density at radius 3 is 2.61 bits per heavy atom. The predicted octanol–water partition coefficient (Wildman–Crippen LogP) is -0.544.